The van der Waals surface area contributed by atoms with Gasteiger partial charge in [-0.1, -0.05) is 31.7 Å². The van der Waals surface area contributed by atoms with Gasteiger partial charge in [0, 0.05) is 0 Å². The van der Waals surface area contributed by atoms with Crippen molar-refractivity contribution in [2.75, 3.05) is 0 Å². The Balaban J connectivity index is 0.000000302. The highest BCUT2D eigenvalue weighted by Gasteiger charge is 2.13. The van der Waals surface area contributed by atoms with Crippen LogP contribution in [0.3, 0.4) is 0 Å². The molecule has 1 aliphatic carbocycles. The lowest BCUT2D eigenvalue weighted by atomic mass is 10.0. The summed E-state index contributed by atoms with van der Waals surface area (Å²) in [5.74, 6) is -2.22. The van der Waals surface area contributed by atoms with Gasteiger partial charge >= 0.3 is 11.9 Å². The molecule has 0 atom stereocenters. The molecule has 0 bridgehead atoms. The number of carboxylic acids is 2. The van der Waals surface area contributed by atoms with Crippen molar-refractivity contribution in [1.82, 2.24) is 0 Å². The van der Waals surface area contributed by atoms with E-state index in [9.17, 15) is 9.59 Å². The SMILES string of the molecule is C1CCC1.Cc1c(C(=O)O)cccc1C(=O)O. The van der Waals surface area contributed by atoms with Gasteiger partial charge in [-0.25, -0.2) is 9.59 Å². The zero-order chi connectivity index (χ0) is 12.8. The molecule has 0 amide bonds. The molecule has 4 nitrogen and oxygen atoms in total. The Morgan fingerprint density at radius 3 is 1.53 bits per heavy atom. The molecule has 0 saturated heterocycles. The van der Waals surface area contributed by atoms with Crippen molar-refractivity contribution in [2.24, 2.45) is 0 Å². The summed E-state index contributed by atoms with van der Waals surface area (Å²) in [6, 6.07) is 4.17. The molecule has 2 rings (SSSR count). The molecule has 1 aromatic rings. The van der Waals surface area contributed by atoms with E-state index in [1.165, 1.54) is 50.8 Å². The van der Waals surface area contributed by atoms with E-state index < -0.39 is 11.9 Å². The van der Waals surface area contributed by atoms with Gasteiger partial charge in [-0.2, -0.15) is 0 Å². The van der Waals surface area contributed by atoms with E-state index >= 15 is 0 Å². The molecular formula is C13H16O4. The second-order valence-electron chi connectivity index (χ2n) is 4.00. The van der Waals surface area contributed by atoms with E-state index in [0.29, 0.717) is 0 Å². The lowest BCUT2D eigenvalue weighted by molar-refractivity contribution is 0.0696. The van der Waals surface area contributed by atoms with Crippen molar-refractivity contribution in [3.63, 3.8) is 0 Å². The summed E-state index contributed by atoms with van der Waals surface area (Å²) in [7, 11) is 0. The van der Waals surface area contributed by atoms with Crippen molar-refractivity contribution in [1.29, 1.82) is 0 Å². The number of hydrogen-bond donors (Lipinski definition) is 2. The molecule has 1 saturated carbocycles. The molecule has 92 valence electrons. The minimum Gasteiger partial charge on any atom is -0.478 e. The van der Waals surface area contributed by atoms with Crippen molar-refractivity contribution < 1.29 is 19.8 Å². The van der Waals surface area contributed by atoms with Gasteiger partial charge in [-0.3, -0.25) is 0 Å². The Morgan fingerprint density at radius 2 is 1.29 bits per heavy atom. The van der Waals surface area contributed by atoms with Crippen LogP contribution in [0.4, 0.5) is 0 Å². The largest absolute Gasteiger partial charge is 0.478 e. The lowest BCUT2D eigenvalue weighted by Crippen LogP contribution is -2.06. The molecule has 4 heteroatoms. The van der Waals surface area contributed by atoms with Crippen LogP contribution < -0.4 is 0 Å². The second-order valence-corrected chi connectivity index (χ2v) is 4.00. The fraction of sp³-hybridized carbons (Fsp3) is 0.385. The standard InChI is InChI=1S/C9H8O4.C4H8/c1-5-6(8(10)11)3-2-4-7(5)9(12)13;1-2-4-3-1/h2-4H,1H3,(H,10,11)(H,12,13);1-4H2. The topological polar surface area (TPSA) is 74.6 Å². The molecule has 0 heterocycles. The van der Waals surface area contributed by atoms with Gasteiger partial charge in [0.1, 0.15) is 0 Å². The van der Waals surface area contributed by atoms with Gasteiger partial charge in [-0.05, 0) is 24.6 Å². The fourth-order valence-electron chi connectivity index (χ4n) is 1.35. The number of carboxylic acid groups (broad SMARTS) is 2. The van der Waals surface area contributed by atoms with Crippen LogP contribution in [-0.4, -0.2) is 22.2 Å². The third kappa shape index (κ3) is 3.59. The van der Waals surface area contributed by atoms with Crippen LogP contribution in [0, 0.1) is 6.92 Å². The van der Waals surface area contributed by atoms with E-state index in [1.807, 2.05) is 0 Å². The molecule has 0 aromatic heterocycles. The molecular weight excluding hydrogens is 220 g/mol. The Kier molecular flexibility index (Phi) is 4.69. The highest BCUT2D eigenvalue weighted by atomic mass is 16.4. The molecule has 2 N–H and O–H groups in total. The average molecular weight is 236 g/mol. The number of carbonyl (C=O) groups is 2. The van der Waals surface area contributed by atoms with Gasteiger partial charge in [0.2, 0.25) is 0 Å². The predicted molar refractivity (Wildman–Crippen MR) is 63.6 cm³/mol. The maximum Gasteiger partial charge on any atom is 0.335 e. The van der Waals surface area contributed by atoms with E-state index in [4.69, 9.17) is 10.2 Å². The maximum absolute atomic E-state index is 10.6. The van der Waals surface area contributed by atoms with E-state index in [2.05, 4.69) is 0 Å². The van der Waals surface area contributed by atoms with Crippen LogP contribution in [0.5, 0.6) is 0 Å². The summed E-state index contributed by atoms with van der Waals surface area (Å²) in [5, 5.41) is 17.4. The van der Waals surface area contributed by atoms with E-state index in [0.717, 1.165) is 0 Å². The molecule has 17 heavy (non-hydrogen) atoms. The molecule has 0 unspecified atom stereocenters. The van der Waals surface area contributed by atoms with Crippen LogP contribution in [-0.2, 0) is 0 Å². The fourth-order valence-corrected chi connectivity index (χ4v) is 1.35. The number of benzene rings is 1. The van der Waals surface area contributed by atoms with Crippen LogP contribution in [0.15, 0.2) is 18.2 Å². The van der Waals surface area contributed by atoms with Crippen molar-refractivity contribution >= 4 is 11.9 Å². The normalized spacial score (nSPS) is 13.0. The molecule has 0 radical (unpaired) electrons. The van der Waals surface area contributed by atoms with Gasteiger partial charge in [0.15, 0.2) is 0 Å². The van der Waals surface area contributed by atoms with Crippen LogP contribution in [0.2, 0.25) is 0 Å². The van der Waals surface area contributed by atoms with E-state index in [1.54, 1.807) is 0 Å². The lowest BCUT2D eigenvalue weighted by Gasteiger charge is -2.05. The number of aromatic carboxylic acids is 2. The zero-order valence-corrected chi connectivity index (χ0v) is 9.77. The molecule has 1 aromatic carbocycles. The van der Waals surface area contributed by atoms with Gasteiger partial charge in [0.05, 0.1) is 11.1 Å². The maximum atomic E-state index is 10.6. The van der Waals surface area contributed by atoms with Gasteiger partial charge in [0.25, 0.3) is 0 Å². The summed E-state index contributed by atoms with van der Waals surface area (Å²) in [4.78, 5) is 21.2. The summed E-state index contributed by atoms with van der Waals surface area (Å²) < 4.78 is 0. The van der Waals surface area contributed by atoms with E-state index in [-0.39, 0.29) is 16.7 Å². The van der Waals surface area contributed by atoms with Crippen LogP contribution in [0.25, 0.3) is 0 Å². The third-order valence-electron chi connectivity index (χ3n) is 2.79. The zero-order valence-electron chi connectivity index (χ0n) is 9.77. The number of rotatable bonds is 2. The average Bonchev–Trinajstić information content (AvgIpc) is 2.14. The van der Waals surface area contributed by atoms with Gasteiger partial charge in [-0.15, -0.1) is 0 Å². The Morgan fingerprint density at radius 1 is 0.941 bits per heavy atom. The highest BCUT2D eigenvalue weighted by molar-refractivity contribution is 5.96. The van der Waals surface area contributed by atoms with Crippen molar-refractivity contribution in [3.8, 4) is 0 Å². The Labute approximate surface area is 99.9 Å². The first kappa shape index (κ1) is 13.2. The summed E-state index contributed by atoms with van der Waals surface area (Å²) in [6.07, 6.45) is 6.00. The first-order valence-electron chi connectivity index (χ1n) is 5.60. The molecule has 1 fully saturated rings. The van der Waals surface area contributed by atoms with Gasteiger partial charge < -0.3 is 10.2 Å². The quantitative estimate of drug-likeness (QED) is 0.827. The molecule has 0 spiro atoms. The summed E-state index contributed by atoms with van der Waals surface area (Å²) in [5.41, 5.74) is 0.335. The van der Waals surface area contributed by atoms with Crippen molar-refractivity contribution in [2.45, 2.75) is 32.6 Å². The first-order valence-corrected chi connectivity index (χ1v) is 5.60. The summed E-state index contributed by atoms with van der Waals surface area (Å²) in [6.45, 7) is 1.48. The minimum atomic E-state index is -1.11. The molecule has 0 aliphatic heterocycles. The smallest absolute Gasteiger partial charge is 0.335 e. The second kappa shape index (κ2) is 6.03. The Bertz CT molecular complexity index is 383. The number of hydrogen-bond acceptors (Lipinski definition) is 2. The third-order valence-corrected chi connectivity index (χ3v) is 2.79. The van der Waals surface area contributed by atoms with Crippen LogP contribution in [0.1, 0.15) is 52.0 Å². The minimum absolute atomic E-state index is 0.0277. The van der Waals surface area contributed by atoms with Crippen molar-refractivity contribution in [3.05, 3.63) is 34.9 Å². The van der Waals surface area contributed by atoms with Crippen LogP contribution >= 0.6 is 0 Å². The predicted octanol–water partition coefficient (Wildman–Crippen LogP) is 2.95. The summed E-state index contributed by atoms with van der Waals surface area (Å²) >= 11 is 0. The monoisotopic (exact) mass is 236 g/mol. The highest BCUT2D eigenvalue weighted by Crippen LogP contribution is 2.15. The first-order chi connectivity index (χ1) is 8.04. The molecule has 1 aliphatic rings. The Hall–Kier alpha value is -1.84.